The fourth-order valence-electron chi connectivity index (χ4n) is 3.49. The molecule has 1 nitrogen and oxygen atoms in total. The Kier molecular flexibility index (Phi) is 13.7. The highest BCUT2D eigenvalue weighted by Gasteiger charge is 2.37. The van der Waals surface area contributed by atoms with Crippen molar-refractivity contribution in [2.75, 3.05) is 6.54 Å². The van der Waals surface area contributed by atoms with E-state index in [1.807, 2.05) is 13.8 Å². The number of terminal acetylenes is 1. The molecule has 2 rings (SSSR count). The van der Waals surface area contributed by atoms with Gasteiger partial charge in [0.2, 0.25) is 0 Å². The first-order valence-electron chi connectivity index (χ1n) is 9.70. The van der Waals surface area contributed by atoms with Gasteiger partial charge in [-0.05, 0) is 49.1 Å². The fraction of sp³-hybridized carbons (Fsp3) is 0.560. The summed E-state index contributed by atoms with van der Waals surface area (Å²) >= 11 is 0. The molecule has 1 unspecified atom stereocenters. The largest absolute Gasteiger partial charge is 0.330 e. The summed E-state index contributed by atoms with van der Waals surface area (Å²) in [5.74, 6) is 0. The number of aryl methyl sites for hydroxylation is 2. The van der Waals surface area contributed by atoms with Crippen LogP contribution in [-0.2, 0) is 11.8 Å². The van der Waals surface area contributed by atoms with Crippen LogP contribution < -0.4 is 5.73 Å². The van der Waals surface area contributed by atoms with E-state index >= 15 is 0 Å². The quantitative estimate of drug-likeness (QED) is 0.478. The lowest BCUT2D eigenvalue weighted by Crippen LogP contribution is -2.33. The monoisotopic (exact) mass is 355 g/mol. The summed E-state index contributed by atoms with van der Waals surface area (Å²) in [6, 6.07) is 6.94. The Balaban J connectivity index is 0. The van der Waals surface area contributed by atoms with Gasteiger partial charge in [0.25, 0.3) is 0 Å². The molecule has 0 radical (unpaired) electrons. The molecule has 1 heteroatoms. The highest BCUT2D eigenvalue weighted by Crippen LogP contribution is 2.43. The Labute approximate surface area is 163 Å². The van der Waals surface area contributed by atoms with Gasteiger partial charge in [0, 0.05) is 12.0 Å². The lowest BCUT2D eigenvalue weighted by Gasteiger charge is -2.30. The van der Waals surface area contributed by atoms with E-state index < -0.39 is 0 Å². The second-order valence-corrected chi connectivity index (χ2v) is 7.81. The second-order valence-electron chi connectivity index (χ2n) is 7.81. The van der Waals surface area contributed by atoms with Crippen molar-refractivity contribution in [3.63, 3.8) is 0 Å². The molecule has 0 amide bonds. The van der Waals surface area contributed by atoms with Crippen molar-refractivity contribution < 1.29 is 0 Å². The summed E-state index contributed by atoms with van der Waals surface area (Å²) in [6.45, 7) is 20.2. The lowest BCUT2D eigenvalue weighted by molar-refractivity contribution is 0.315. The summed E-state index contributed by atoms with van der Waals surface area (Å²) in [7, 11) is 0. The smallest absolute Gasteiger partial charge is 0.00814 e. The molecule has 1 aromatic rings. The first-order valence-corrected chi connectivity index (χ1v) is 9.70. The van der Waals surface area contributed by atoms with Crippen molar-refractivity contribution in [1.82, 2.24) is 0 Å². The fourth-order valence-corrected chi connectivity index (χ4v) is 3.49. The summed E-state index contributed by atoms with van der Waals surface area (Å²) in [4.78, 5) is 0. The molecular weight excluding hydrogens is 314 g/mol. The number of hydrogen-bond acceptors (Lipinski definition) is 1. The van der Waals surface area contributed by atoms with Gasteiger partial charge in [0.05, 0.1) is 0 Å². The molecule has 0 saturated heterocycles. The molecule has 146 valence electrons. The molecule has 1 aliphatic carbocycles. The highest BCUT2D eigenvalue weighted by atomic mass is 14.6. The second kappa shape index (κ2) is 13.5. The van der Waals surface area contributed by atoms with Gasteiger partial charge in [0.1, 0.15) is 0 Å². The van der Waals surface area contributed by atoms with Crippen LogP contribution in [0.3, 0.4) is 0 Å². The number of hydrogen-bond donors (Lipinski definition) is 1. The number of fused-ring (bicyclic) bond motifs is 1. The topological polar surface area (TPSA) is 26.0 Å². The van der Waals surface area contributed by atoms with E-state index in [2.05, 4.69) is 77.6 Å². The van der Waals surface area contributed by atoms with Gasteiger partial charge >= 0.3 is 0 Å². The molecule has 0 spiro atoms. The Morgan fingerprint density at radius 1 is 1.19 bits per heavy atom. The third-order valence-electron chi connectivity index (χ3n) is 4.68. The standard InChI is InChI=1S/C18H29N.C3H4.C2H6.C2H2/c1-14-6-7-16-15(12-14)8-11-18(16,13-19)10-5-9-17(2,3)4;1-3-2;2*1-2/h6-7,12H,5,8-11,13,19H2,1-4H3;1-2H2;1-2H3;1-2H. The minimum absolute atomic E-state index is 0.258. The van der Waals surface area contributed by atoms with Gasteiger partial charge in [-0.2, -0.15) is 0 Å². The van der Waals surface area contributed by atoms with Gasteiger partial charge < -0.3 is 5.73 Å². The van der Waals surface area contributed by atoms with E-state index in [4.69, 9.17) is 5.73 Å². The third-order valence-corrected chi connectivity index (χ3v) is 4.68. The molecule has 0 aromatic heterocycles. The Morgan fingerprint density at radius 3 is 2.19 bits per heavy atom. The molecule has 0 bridgehead atoms. The molecule has 1 atom stereocenters. The van der Waals surface area contributed by atoms with E-state index in [9.17, 15) is 0 Å². The van der Waals surface area contributed by atoms with Gasteiger partial charge in [-0.15, -0.1) is 18.6 Å². The van der Waals surface area contributed by atoms with Crippen molar-refractivity contribution >= 4 is 0 Å². The van der Waals surface area contributed by atoms with Crippen LogP contribution in [0.4, 0.5) is 0 Å². The lowest BCUT2D eigenvalue weighted by atomic mass is 9.75. The maximum absolute atomic E-state index is 6.17. The molecule has 26 heavy (non-hydrogen) atoms. The van der Waals surface area contributed by atoms with Gasteiger partial charge in [0.15, 0.2) is 0 Å². The van der Waals surface area contributed by atoms with Crippen LogP contribution in [0.15, 0.2) is 37.1 Å². The van der Waals surface area contributed by atoms with Crippen molar-refractivity contribution in [3.8, 4) is 12.8 Å². The van der Waals surface area contributed by atoms with Crippen molar-refractivity contribution in [3.05, 3.63) is 53.8 Å². The Morgan fingerprint density at radius 2 is 1.73 bits per heavy atom. The highest BCUT2D eigenvalue weighted by molar-refractivity contribution is 5.42. The van der Waals surface area contributed by atoms with Crippen molar-refractivity contribution in [1.29, 1.82) is 0 Å². The zero-order valence-corrected chi connectivity index (χ0v) is 18.1. The maximum atomic E-state index is 6.17. The first-order chi connectivity index (χ1) is 12.3. The van der Waals surface area contributed by atoms with E-state index in [0.29, 0.717) is 5.41 Å². The number of nitrogens with two attached hydrogens (primary N) is 1. The SMILES string of the molecule is C#C.C=C=C.CC.Cc1ccc2c(c1)CCC2(CN)CCCC(C)(C)C. The summed E-state index contributed by atoms with van der Waals surface area (Å²) in [5.41, 5.74) is 13.6. The van der Waals surface area contributed by atoms with Gasteiger partial charge in [-0.3, -0.25) is 0 Å². The van der Waals surface area contributed by atoms with Gasteiger partial charge in [-0.1, -0.05) is 78.0 Å². The zero-order chi connectivity index (χ0) is 20.8. The van der Waals surface area contributed by atoms with Crippen LogP contribution in [0.2, 0.25) is 0 Å². The van der Waals surface area contributed by atoms with E-state index in [1.165, 1.54) is 43.2 Å². The summed E-state index contributed by atoms with van der Waals surface area (Å²) in [5, 5.41) is 0. The Bertz CT molecular complexity index is 553. The summed E-state index contributed by atoms with van der Waals surface area (Å²) in [6.07, 6.45) is 14.3. The molecule has 2 N–H and O–H groups in total. The van der Waals surface area contributed by atoms with Crippen molar-refractivity contribution in [2.45, 2.75) is 79.1 Å². The van der Waals surface area contributed by atoms with Crippen LogP contribution in [0.1, 0.15) is 77.0 Å². The molecule has 0 aliphatic heterocycles. The normalized spacial score (nSPS) is 17.1. The average Bonchev–Trinajstić information content (AvgIpc) is 2.96. The van der Waals surface area contributed by atoms with E-state index in [-0.39, 0.29) is 5.41 Å². The minimum atomic E-state index is 0.258. The average molecular weight is 356 g/mol. The predicted octanol–water partition coefficient (Wildman–Crippen LogP) is 6.59. The van der Waals surface area contributed by atoms with Crippen LogP contribution in [-0.4, -0.2) is 6.54 Å². The van der Waals surface area contributed by atoms with Crippen LogP contribution in [0, 0.1) is 25.2 Å². The minimum Gasteiger partial charge on any atom is -0.330 e. The first kappa shape index (κ1) is 26.5. The van der Waals surface area contributed by atoms with Gasteiger partial charge in [-0.25, -0.2) is 0 Å². The molecular formula is C25H41N. The van der Waals surface area contributed by atoms with Crippen LogP contribution >= 0.6 is 0 Å². The number of benzene rings is 1. The number of rotatable bonds is 4. The maximum Gasteiger partial charge on any atom is 0.00814 e. The van der Waals surface area contributed by atoms with Crippen LogP contribution in [0.25, 0.3) is 0 Å². The third kappa shape index (κ3) is 8.57. The molecule has 0 fully saturated rings. The molecule has 1 aliphatic rings. The molecule has 1 aromatic carbocycles. The zero-order valence-electron chi connectivity index (χ0n) is 18.1. The van der Waals surface area contributed by atoms with E-state index in [0.717, 1.165) is 6.54 Å². The van der Waals surface area contributed by atoms with E-state index in [1.54, 1.807) is 5.56 Å². The summed E-state index contributed by atoms with van der Waals surface area (Å²) < 4.78 is 0. The Hall–Kier alpha value is -1.74. The molecule has 0 saturated carbocycles. The van der Waals surface area contributed by atoms with Crippen molar-refractivity contribution in [2.24, 2.45) is 11.1 Å². The van der Waals surface area contributed by atoms with Crippen LogP contribution in [0.5, 0.6) is 0 Å². The molecule has 0 heterocycles. The predicted molar refractivity (Wildman–Crippen MR) is 120 cm³/mol.